The van der Waals surface area contributed by atoms with Crippen LogP contribution in [0.15, 0.2) is 36.4 Å². The zero-order chi connectivity index (χ0) is 20.3. The Labute approximate surface area is 164 Å². The number of benzene rings is 2. The van der Waals surface area contributed by atoms with Crippen molar-refractivity contribution in [2.24, 2.45) is 0 Å². The molecule has 3 amide bonds. The van der Waals surface area contributed by atoms with Crippen LogP contribution in [0.25, 0.3) is 0 Å². The molecule has 7 heteroatoms. The molecule has 0 spiro atoms. The third kappa shape index (κ3) is 4.19. The molecule has 148 valence electrons. The van der Waals surface area contributed by atoms with Crippen molar-refractivity contribution in [1.29, 1.82) is 0 Å². The van der Waals surface area contributed by atoms with E-state index in [2.05, 4.69) is 16.7 Å². The molecule has 0 saturated carbocycles. The van der Waals surface area contributed by atoms with E-state index in [9.17, 15) is 9.59 Å². The fraction of sp³-hybridized carbons (Fsp3) is 0.333. The van der Waals surface area contributed by atoms with Crippen LogP contribution in [0.3, 0.4) is 0 Å². The van der Waals surface area contributed by atoms with E-state index in [0.29, 0.717) is 30.2 Å². The number of urea groups is 1. The standard InChI is InChI=1S/C21H25N3O4/c1-13-9-14(2)11-15(10-13)24-8-7-17(20(24)25)22-21(26)23-18-12-16(27-3)5-6-19(18)28-4/h5-6,9-12,17H,7-8H2,1-4H3,(H2,22,23,26). The van der Waals surface area contributed by atoms with Crippen molar-refractivity contribution in [2.75, 3.05) is 31.0 Å². The lowest BCUT2D eigenvalue weighted by Crippen LogP contribution is -2.43. The number of methoxy groups -OCH3 is 2. The van der Waals surface area contributed by atoms with E-state index >= 15 is 0 Å². The molecule has 2 aromatic carbocycles. The normalized spacial score (nSPS) is 16.1. The van der Waals surface area contributed by atoms with Gasteiger partial charge in [0, 0.05) is 18.3 Å². The molecule has 0 aromatic heterocycles. The van der Waals surface area contributed by atoms with Crippen molar-refractivity contribution in [2.45, 2.75) is 26.3 Å². The lowest BCUT2D eigenvalue weighted by Gasteiger charge is -2.19. The van der Waals surface area contributed by atoms with Gasteiger partial charge in [0.05, 0.1) is 19.9 Å². The molecule has 1 saturated heterocycles. The fourth-order valence-electron chi connectivity index (χ4n) is 3.41. The van der Waals surface area contributed by atoms with Crippen molar-refractivity contribution < 1.29 is 19.1 Å². The van der Waals surface area contributed by atoms with Crippen LogP contribution in [0, 0.1) is 13.8 Å². The monoisotopic (exact) mass is 383 g/mol. The molecular formula is C21H25N3O4. The van der Waals surface area contributed by atoms with Crippen molar-refractivity contribution in [1.82, 2.24) is 5.32 Å². The summed E-state index contributed by atoms with van der Waals surface area (Å²) >= 11 is 0. The highest BCUT2D eigenvalue weighted by Gasteiger charge is 2.33. The third-order valence-electron chi connectivity index (χ3n) is 4.68. The van der Waals surface area contributed by atoms with Gasteiger partial charge in [-0.15, -0.1) is 0 Å². The largest absolute Gasteiger partial charge is 0.497 e. The number of aryl methyl sites for hydroxylation is 2. The summed E-state index contributed by atoms with van der Waals surface area (Å²) in [6.45, 7) is 4.57. The molecule has 7 nitrogen and oxygen atoms in total. The first-order valence-corrected chi connectivity index (χ1v) is 9.10. The summed E-state index contributed by atoms with van der Waals surface area (Å²) in [5.74, 6) is 0.984. The number of nitrogens with zero attached hydrogens (tertiary/aromatic N) is 1. The average molecular weight is 383 g/mol. The molecule has 3 rings (SSSR count). The SMILES string of the molecule is COc1ccc(OC)c(NC(=O)NC2CCN(c3cc(C)cc(C)c3)C2=O)c1. The van der Waals surface area contributed by atoms with Crippen molar-refractivity contribution in [3.05, 3.63) is 47.5 Å². The maximum absolute atomic E-state index is 12.8. The number of carbonyl (C=O) groups is 2. The Morgan fingerprint density at radius 2 is 1.79 bits per heavy atom. The Morgan fingerprint density at radius 1 is 1.07 bits per heavy atom. The number of carbonyl (C=O) groups excluding carboxylic acids is 2. The zero-order valence-corrected chi connectivity index (χ0v) is 16.5. The molecule has 2 aromatic rings. The van der Waals surface area contributed by atoms with Crippen molar-refractivity contribution >= 4 is 23.3 Å². The van der Waals surface area contributed by atoms with E-state index in [0.717, 1.165) is 16.8 Å². The average Bonchev–Trinajstić information content (AvgIpc) is 3.01. The molecule has 1 fully saturated rings. The second-order valence-electron chi connectivity index (χ2n) is 6.84. The second-order valence-corrected chi connectivity index (χ2v) is 6.84. The number of rotatable bonds is 5. The van der Waals surface area contributed by atoms with Gasteiger partial charge in [-0.05, 0) is 55.7 Å². The number of hydrogen-bond donors (Lipinski definition) is 2. The minimum Gasteiger partial charge on any atom is -0.497 e. The van der Waals surface area contributed by atoms with Crippen molar-refractivity contribution in [3.8, 4) is 11.5 Å². The summed E-state index contributed by atoms with van der Waals surface area (Å²) in [6, 6.07) is 10.1. The molecule has 1 unspecified atom stereocenters. The first-order valence-electron chi connectivity index (χ1n) is 9.10. The van der Waals surface area contributed by atoms with E-state index < -0.39 is 12.1 Å². The quantitative estimate of drug-likeness (QED) is 0.831. The Morgan fingerprint density at radius 3 is 2.43 bits per heavy atom. The van der Waals surface area contributed by atoms with Gasteiger partial charge in [0.15, 0.2) is 0 Å². The van der Waals surface area contributed by atoms with E-state index in [1.807, 2.05) is 26.0 Å². The maximum atomic E-state index is 12.8. The van der Waals surface area contributed by atoms with Crippen LogP contribution in [0.5, 0.6) is 11.5 Å². The smallest absolute Gasteiger partial charge is 0.319 e. The maximum Gasteiger partial charge on any atom is 0.319 e. The van der Waals surface area contributed by atoms with Crippen LogP contribution in [0.2, 0.25) is 0 Å². The number of amides is 3. The third-order valence-corrected chi connectivity index (χ3v) is 4.68. The van der Waals surface area contributed by atoms with Crippen LogP contribution in [-0.4, -0.2) is 38.7 Å². The Bertz CT molecular complexity index is 877. The van der Waals surface area contributed by atoms with Crippen LogP contribution in [0.4, 0.5) is 16.2 Å². The topological polar surface area (TPSA) is 79.9 Å². The summed E-state index contributed by atoms with van der Waals surface area (Å²) in [4.78, 5) is 26.9. The second kappa shape index (κ2) is 8.21. The van der Waals surface area contributed by atoms with Gasteiger partial charge < -0.3 is 25.0 Å². The summed E-state index contributed by atoms with van der Waals surface area (Å²) in [6.07, 6.45) is 0.550. The highest BCUT2D eigenvalue weighted by Crippen LogP contribution is 2.29. The number of ether oxygens (including phenoxy) is 2. The lowest BCUT2D eigenvalue weighted by molar-refractivity contribution is -0.118. The van der Waals surface area contributed by atoms with Gasteiger partial charge in [-0.1, -0.05) is 6.07 Å². The molecular weight excluding hydrogens is 358 g/mol. The number of anilines is 2. The Kier molecular flexibility index (Phi) is 5.73. The summed E-state index contributed by atoms with van der Waals surface area (Å²) in [5, 5.41) is 5.49. The molecule has 0 radical (unpaired) electrons. The van der Waals surface area contributed by atoms with Crippen LogP contribution in [0.1, 0.15) is 17.5 Å². The minimum absolute atomic E-state index is 0.113. The van der Waals surface area contributed by atoms with Crippen LogP contribution < -0.4 is 25.0 Å². The number of hydrogen-bond acceptors (Lipinski definition) is 4. The van der Waals surface area contributed by atoms with Gasteiger partial charge in [-0.25, -0.2) is 4.79 Å². The highest BCUT2D eigenvalue weighted by molar-refractivity contribution is 6.03. The molecule has 0 aliphatic carbocycles. The van der Waals surface area contributed by atoms with Gasteiger partial charge in [0.1, 0.15) is 17.5 Å². The minimum atomic E-state index is -0.572. The predicted octanol–water partition coefficient (Wildman–Crippen LogP) is 3.25. The molecule has 1 heterocycles. The van der Waals surface area contributed by atoms with E-state index in [4.69, 9.17) is 9.47 Å². The predicted molar refractivity (Wildman–Crippen MR) is 108 cm³/mol. The molecule has 1 atom stereocenters. The number of nitrogens with one attached hydrogen (secondary N) is 2. The first kappa shape index (κ1) is 19.5. The van der Waals surface area contributed by atoms with Crippen LogP contribution >= 0.6 is 0 Å². The van der Waals surface area contributed by atoms with E-state index in [1.165, 1.54) is 7.11 Å². The van der Waals surface area contributed by atoms with Crippen LogP contribution in [-0.2, 0) is 4.79 Å². The Hall–Kier alpha value is -3.22. The first-order chi connectivity index (χ1) is 13.4. The summed E-state index contributed by atoms with van der Waals surface area (Å²) < 4.78 is 10.4. The molecule has 28 heavy (non-hydrogen) atoms. The van der Waals surface area contributed by atoms with Gasteiger partial charge in [-0.2, -0.15) is 0 Å². The zero-order valence-electron chi connectivity index (χ0n) is 16.5. The molecule has 2 N–H and O–H groups in total. The molecule has 1 aliphatic rings. The summed E-state index contributed by atoms with van der Waals surface area (Å²) in [7, 11) is 3.07. The fourth-order valence-corrected chi connectivity index (χ4v) is 3.41. The summed E-state index contributed by atoms with van der Waals surface area (Å²) in [5.41, 5.74) is 3.53. The van der Waals surface area contributed by atoms with Gasteiger partial charge >= 0.3 is 6.03 Å². The van der Waals surface area contributed by atoms with E-state index in [1.54, 1.807) is 30.2 Å². The lowest BCUT2D eigenvalue weighted by atomic mass is 10.1. The van der Waals surface area contributed by atoms with Crippen molar-refractivity contribution in [3.63, 3.8) is 0 Å². The van der Waals surface area contributed by atoms with Gasteiger partial charge in [0.2, 0.25) is 5.91 Å². The Balaban J connectivity index is 1.68. The van der Waals surface area contributed by atoms with Gasteiger partial charge in [0.25, 0.3) is 0 Å². The molecule has 0 bridgehead atoms. The highest BCUT2D eigenvalue weighted by atomic mass is 16.5. The molecule has 1 aliphatic heterocycles. The van der Waals surface area contributed by atoms with E-state index in [-0.39, 0.29) is 5.91 Å². The van der Waals surface area contributed by atoms with Gasteiger partial charge in [-0.3, -0.25) is 4.79 Å².